The summed E-state index contributed by atoms with van der Waals surface area (Å²) >= 11 is 1.84. The third-order valence-electron chi connectivity index (χ3n) is 2.64. The summed E-state index contributed by atoms with van der Waals surface area (Å²) in [5.74, 6) is 0.978. The highest BCUT2D eigenvalue weighted by Crippen LogP contribution is 2.31. The third kappa shape index (κ3) is 2.11. The van der Waals surface area contributed by atoms with Crippen molar-refractivity contribution in [2.45, 2.75) is 24.8 Å². The molecule has 86 valence electrons. The summed E-state index contributed by atoms with van der Waals surface area (Å²) in [5, 5.41) is 1.34. The van der Waals surface area contributed by atoms with Gasteiger partial charge in [-0.05, 0) is 19.9 Å². The number of fused-ring (bicyclic) bond motifs is 1. The van der Waals surface area contributed by atoms with Crippen molar-refractivity contribution in [2.24, 2.45) is 5.73 Å². The van der Waals surface area contributed by atoms with Crippen molar-refractivity contribution in [3.63, 3.8) is 0 Å². The van der Waals surface area contributed by atoms with E-state index in [4.69, 9.17) is 5.73 Å². The quantitative estimate of drug-likeness (QED) is 0.823. The number of hydrogen-bond acceptors (Lipinski definition) is 2. The van der Waals surface area contributed by atoms with E-state index in [-0.39, 0.29) is 0 Å². The lowest BCUT2D eigenvalue weighted by Crippen LogP contribution is -2.00. The summed E-state index contributed by atoms with van der Waals surface area (Å²) in [5.41, 5.74) is 6.88. The van der Waals surface area contributed by atoms with Gasteiger partial charge in [0.05, 0.1) is 0 Å². The highest BCUT2D eigenvalue weighted by Gasteiger charge is 2.09. The lowest BCUT2D eigenvalue weighted by atomic mass is 10.2. The van der Waals surface area contributed by atoms with Gasteiger partial charge in [-0.25, -0.2) is 0 Å². The molecule has 0 aliphatic heterocycles. The predicted octanol–water partition coefficient (Wildman–Crippen LogP) is 3.27. The van der Waals surface area contributed by atoms with Crippen molar-refractivity contribution in [2.75, 3.05) is 12.3 Å². The number of aromatic nitrogens is 1. The van der Waals surface area contributed by atoms with Crippen LogP contribution in [0.25, 0.3) is 10.9 Å². The number of para-hydroxylation sites is 1. The molecule has 0 saturated carbocycles. The first-order chi connectivity index (χ1) is 7.74. The maximum absolute atomic E-state index is 5.56. The maximum Gasteiger partial charge on any atom is 0.0494 e. The molecule has 2 N–H and O–H groups in total. The largest absolute Gasteiger partial charge is 0.344 e. The first-order valence-electron chi connectivity index (χ1n) is 5.66. The van der Waals surface area contributed by atoms with E-state index < -0.39 is 0 Å². The zero-order chi connectivity index (χ0) is 11.5. The zero-order valence-electron chi connectivity index (χ0n) is 9.81. The monoisotopic (exact) mass is 234 g/mol. The fraction of sp³-hybridized carbons (Fsp3) is 0.385. The van der Waals surface area contributed by atoms with E-state index in [0.29, 0.717) is 6.04 Å². The summed E-state index contributed by atoms with van der Waals surface area (Å²) in [6, 6.07) is 9.06. The number of nitrogens with zero attached hydrogens (tertiary/aromatic N) is 1. The fourth-order valence-corrected chi connectivity index (χ4v) is 2.74. The summed E-state index contributed by atoms with van der Waals surface area (Å²) in [6.45, 7) is 5.15. The number of benzene rings is 1. The number of nitrogens with two attached hydrogens (primary N) is 1. The molecule has 1 aromatic carbocycles. The van der Waals surface area contributed by atoms with Crippen LogP contribution in [-0.4, -0.2) is 16.9 Å². The van der Waals surface area contributed by atoms with Crippen LogP contribution in [0, 0.1) is 0 Å². The standard InChI is InChI=1S/C13H18N2S/c1-10(2)15-9-13(16-8-7-14)11-5-3-4-6-12(11)15/h3-6,9-10H,7-8,14H2,1-2H3. The van der Waals surface area contributed by atoms with E-state index in [0.717, 1.165) is 12.3 Å². The molecular weight excluding hydrogens is 216 g/mol. The molecule has 16 heavy (non-hydrogen) atoms. The van der Waals surface area contributed by atoms with E-state index in [2.05, 4.69) is 48.9 Å². The van der Waals surface area contributed by atoms with Crippen molar-refractivity contribution >= 4 is 22.7 Å². The van der Waals surface area contributed by atoms with Gasteiger partial charge in [0.2, 0.25) is 0 Å². The molecule has 3 heteroatoms. The Morgan fingerprint density at radius 1 is 1.31 bits per heavy atom. The molecule has 2 nitrogen and oxygen atoms in total. The molecular formula is C13H18N2S. The van der Waals surface area contributed by atoms with Gasteiger partial charge in [0, 0.05) is 40.3 Å². The topological polar surface area (TPSA) is 30.9 Å². The second-order valence-electron chi connectivity index (χ2n) is 4.15. The van der Waals surface area contributed by atoms with Gasteiger partial charge in [-0.15, -0.1) is 11.8 Å². The lowest BCUT2D eigenvalue weighted by Gasteiger charge is -2.08. The smallest absolute Gasteiger partial charge is 0.0494 e. The second kappa shape index (κ2) is 4.93. The van der Waals surface area contributed by atoms with E-state index in [1.54, 1.807) is 0 Å². The Hall–Kier alpha value is -0.930. The van der Waals surface area contributed by atoms with Gasteiger partial charge in [-0.3, -0.25) is 0 Å². The Morgan fingerprint density at radius 3 is 2.75 bits per heavy atom. The van der Waals surface area contributed by atoms with Crippen molar-refractivity contribution in [1.29, 1.82) is 0 Å². The van der Waals surface area contributed by atoms with Gasteiger partial charge in [0.25, 0.3) is 0 Å². The SMILES string of the molecule is CC(C)n1cc(SCCN)c2ccccc21. The van der Waals surface area contributed by atoms with E-state index in [1.165, 1.54) is 15.8 Å². The Labute approximate surface area is 101 Å². The average molecular weight is 234 g/mol. The molecule has 1 aromatic heterocycles. The van der Waals surface area contributed by atoms with Crippen molar-refractivity contribution < 1.29 is 0 Å². The van der Waals surface area contributed by atoms with Gasteiger partial charge < -0.3 is 10.3 Å². The molecule has 0 unspecified atom stereocenters. The van der Waals surface area contributed by atoms with Crippen LogP contribution in [0.3, 0.4) is 0 Å². The molecule has 2 aromatic rings. The molecule has 0 atom stereocenters. The van der Waals surface area contributed by atoms with Crippen molar-refractivity contribution in [1.82, 2.24) is 4.57 Å². The average Bonchev–Trinajstić information content (AvgIpc) is 2.65. The molecule has 0 spiro atoms. The van der Waals surface area contributed by atoms with Crippen LogP contribution in [0.1, 0.15) is 19.9 Å². The van der Waals surface area contributed by atoms with E-state index >= 15 is 0 Å². The number of thioether (sulfide) groups is 1. The Morgan fingerprint density at radius 2 is 2.06 bits per heavy atom. The zero-order valence-corrected chi connectivity index (χ0v) is 10.6. The summed E-state index contributed by atoms with van der Waals surface area (Å²) in [6.07, 6.45) is 2.25. The Bertz CT molecular complexity index is 474. The molecule has 0 saturated heterocycles. The third-order valence-corrected chi connectivity index (χ3v) is 3.71. The van der Waals surface area contributed by atoms with Gasteiger partial charge in [0.1, 0.15) is 0 Å². The van der Waals surface area contributed by atoms with Crippen LogP contribution in [0.2, 0.25) is 0 Å². The maximum atomic E-state index is 5.56. The van der Waals surface area contributed by atoms with Crippen molar-refractivity contribution in [3.8, 4) is 0 Å². The predicted molar refractivity (Wildman–Crippen MR) is 72.1 cm³/mol. The number of rotatable bonds is 4. The van der Waals surface area contributed by atoms with Crippen LogP contribution in [0.15, 0.2) is 35.4 Å². The fourth-order valence-electron chi connectivity index (χ4n) is 1.88. The molecule has 0 fully saturated rings. The van der Waals surface area contributed by atoms with E-state index in [9.17, 15) is 0 Å². The first kappa shape index (κ1) is 11.6. The Balaban J connectivity index is 2.49. The van der Waals surface area contributed by atoms with Gasteiger partial charge in [-0.1, -0.05) is 18.2 Å². The number of hydrogen-bond donors (Lipinski definition) is 1. The van der Waals surface area contributed by atoms with Crippen LogP contribution >= 0.6 is 11.8 Å². The second-order valence-corrected chi connectivity index (χ2v) is 5.29. The molecule has 0 bridgehead atoms. The molecule has 0 amide bonds. The minimum atomic E-state index is 0.497. The van der Waals surface area contributed by atoms with Gasteiger partial charge in [-0.2, -0.15) is 0 Å². The van der Waals surface area contributed by atoms with Crippen LogP contribution < -0.4 is 5.73 Å². The van der Waals surface area contributed by atoms with Crippen LogP contribution in [0.5, 0.6) is 0 Å². The van der Waals surface area contributed by atoms with Gasteiger partial charge >= 0.3 is 0 Å². The normalized spacial score (nSPS) is 11.5. The lowest BCUT2D eigenvalue weighted by molar-refractivity contribution is 0.620. The molecule has 0 radical (unpaired) electrons. The van der Waals surface area contributed by atoms with Gasteiger partial charge in [0.15, 0.2) is 0 Å². The highest BCUT2D eigenvalue weighted by atomic mass is 32.2. The molecule has 1 heterocycles. The van der Waals surface area contributed by atoms with Crippen LogP contribution in [0.4, 0.5) is 0 Å². The highest BCUT2D eigenvalue weighted by molar-refractivity contribution is 7.99. The minimum Gasteiger partial charge on any atom is -0.344 e. The summed E-state index contributed by atoms with van der Waals surface area (Å²) in [4.78, 5) is 1.34. The van der Waals surface area contributed by atoms with Crippen molar-refractivity contribution in [3.05, 3.63) is 30.5 Å². The molecule has 0 aliphatic rings. The molecule has 2 rings (SSSR count). The minimum absolute atomic E-state index is 0.497. The van der Waals surface area contributed by atoms with Crippen LogP contribution in [-0.2, 0) is 0 Å². The van der Waals surface area contributed by atoms with E-state index in [1.807, 2.05) is 11.8 Å². The molecule has 0 aliphatic carbocycles. The Kier molecular flexibility index (Phi) is 3.56. The summed E-state index contributed by atoms with van der Waals surface area (Å²) < 4.78 is 2.33. The first-order valence-corrected chi connectivity index (χ1v) is 6.65. The summed E-state index contributed by atoms with van der Waals surface area (Å²) in [7, 11) is 0.